The molecule has 1 saturated carbocycles. The molecule has 0 aromatic heterocycles. The van der Waals surface area contributed by atoms with Crippen LogP contribution >= 0.6 is 0 Å². The smallest absolute Gasteiger partial charge is 0.319 e. The standard InChI is InChI=1S/C28H40N4O8/c1-35-21-11-19(12-22(36-2)25(21)39-5)31-27(33)29-15-17-8-7-9-18(10-17)16-30-28(34)32-20-13-23(37-3)26(40-6)24(14-20)38-4/h11-14,17-18H,7-10,15-16H2,1-6H3,(H2,29,31,33)(H2,30,32,34)/t17-,18-/m1/s1. The van der Waals surface area contributed by atoms with Crippen molar-refractivity contribution in [1.82, 2.24) is 10.6 Å². The number of carbonyl (C=O) groups excluding carboxylic acids is 2. The lowest BCUT2D eigenvalue weighted by molar-refractivity contribution is 0.230. The summed E-state index contributed by atoms with van der Waals surface area (Å²) in [5.74, 6) is 3.34. The van der Waals surface area contributed by atoms with E-state index in [4.69, 9.17) is 28.4 Å². The number of carbonyl (C=O) groups is 2. The number of ether oxygens (including phenoxy) is 6. The average Bonchev–Trinajstić information content (AvgIpc) is 2.98. The van der Waals surface area contributed by atoms with Crippen LogP contribution in [0.5, 0.6) is 34.5 Å². The second-order valence-electron chi connectivity index (χ2n) is 9.40. The van der Waals surface area contributed by atoms with E-state index in [0.717, 1.165) is 25.7 Å². The van der Waals surface area contributed by atoms with Crippen LogP contribution in [0, 0.1) is 11.8 Å². The van der Waals surface area contributed by atoms with Crippen molar-refractivity contribution in [3.63, 3.8) is 0 Å². The van der Waals surface area contributed by atoms with Crippen LogP contribution in [0.1, 0.15) is 25.7 Å². The van der Waals surface area contributed by atoms with Gasteiger partial charge in [-0.3, -0.25) is 0 Å². The maximum absolute atomic E-state index is 12.6. The molecule has 12 heteroatoms. The number of amides is 4. The van der Waals surface area contributed by atoms with E-state index in [1.807, 2.05) is 0 Å². The molecule has 3 rings (SSSR count). The Kier molecular flexibility index (Phi) is 11.2. The number of hydrogen-bond donors (Lipinski definition) is 4. The number of benzene rings is 2. The lowest BCUT2D eigenvalue weighted by atomic mass is 9.81. The molecule has 4 N–H and O–H groups in total. The van der Waals surface area contributed by atoms with Gasteiger partial charge in [-0.2, -0.15) is 0 Å². The van der Waals surface area contributed by atoms with Gasteiger partial charge in [-0.15, -0.1) is 0 Å². The number of hydrogen-bond acceptors (Lipinski definition) is 8. The van der Waals surface area contributed by atoms with Gasteiger partial charge in [-0.25, -0.2) is 9.59 Å². The predicted octanol–water partition coefficient (Wildman–Crippen LogP) is 4.49. The summed E-state index contributed by atoms with van der Waals surface area (Å²) >= 11 is 0. The Morgan fingerprint density at radius 2 is 0.975 bits per heavy atom. The second-order valence-corrected chi connectivity index (χ2v) is 9.40. The Bertz CT molecular complexity index is 1020. The SMILES string of the molecule is COc1cc(NC(=O)NC[C@@H]2CCC[C@@H](CNC(=O)Nc3cc(OC)c(OC)c(OC)c3)C2)cc(OC)c1OC. The first kappa shape index (κ1) is 30.3. The third-order valence-electron chi connectivity index (χ3n) is 6.84. The van der Waals surface area contributed by atoms with Gasteiger partial charge >= 0.3 is 12.1 Å². The molecule has 0 spiro atoms. The topological polar surface area (TPSA) is 138 Å². The molecule has 1 fully saturated rings. The minimum atomic E-state index is -0.320. The fourth-order valence-electron chi connectivity index (χ4n) is 4.90. The maximum atomic E-state index is 12.6. The minimum Gasteiger partial charge on any atom is -0.493 e. The number of anilines is 2. The van der Waals surface area contributed by atoms with Crippen LogP contribution in [0.4, 0.5) is 21.0 Å². The molecular weight excluding hydrogens is 520 g/mol. The van der Waals surface area contributed by atoms with E-state index in [-0.39, 0.29) is 12.1 Å². The van der Waals surface area contributed by atoms with Crippen molar-refractivity contribution in [2.24, 2.45) is 11.8 Å². The van der Waals surface area contributed by atoms with E-state index in [1.54, 1.807) is 24.3 Å². The van der Waals surface area contributed by atoms with E-state index in [1.165, 1.54) is 42.7 Å². The highest BCUT2D eigenvalue weighted by Gasteiger charge is 2.23. The van der Waals surface area contributed by atoms with Gasteiger partial charge in [0.25, 0.3) is 0 Å². The highest BCUT2D eigenvalue weighted by molar-refractivity contribution is 5.91. The van der Waals surface area contributed by atoms with Crippen molar-refractivity contribution in [3.05, 3.63) is 24.3 Å². The van der Waals surface area contributed by atoms with E-state index >= 15 is 0 Å². The summed E-state index contributed by atoms with van der Waals surface area (Å²) in [5, 5.41) is 11.6. The fraction of sp³-hybridized carbons (Fsp3) is 0.500. The molecule has 0 unspecified atom stereocenters. The maximum Gasteiger partial charge on any atom is 0.319 e. The lowest BCUT2D eigenvalue weighted by Crippen LogP contribution is -2.38. The van der Waals surface area contributed by atoms with Gasteiger partial charge in [0.15, 0.2) is 23.0 Å². The van der Waals surface area contributed by atoms with E-state index in [2.05, 4.69) is 21.3 Å². The van der Waals surface area contributed by atoms with Crippen molar-refractivity contribution in [2.45, 2.75) is 25.7 Å². The van der Waals surface area contributed by atoms with Crippen LogP contribution in [0.2, 0.25) is 0 Å². The van der Waals surface area contributed by atoms with E-state index < -0.39 is 0 Å². The molecule has 220 valence electrons. The summed E-state index contributed by atoms with van der Waals surface area (Å²) in [7, 11) is 9.13. The van der Waals surface area contributed by atoms with Crippen LogP contribution in [0.3, 0.4) is 0 Å². The summed E-state index contributed by atoms with van der Waals surface area (Å²) in [4.78, 5) is 25.2. The summed E-state index contributed by atoms with van der Waals surface area (Å²) in [5.41, 5.74) is 1.05. The van der Waals surface area contributed by atoms with Gasteiger partial charge in [-0.05, 0) is 31.1 Å². The van der Waals surface area contributed by atoms with Gasteiger partial charge in [0.2, 0.25) is 11.5 Å². The summed E-state index contributed by atoms with van der Waals surface area (Å²) in [6.07, 6.45) is 3.95. The first-order valence-electron chi connectivity index (χ1n) is 13.0. The van der Waals surface area contributed by atoms with Crippen LogP contribution in [-0.4, -0.2) is 67.8 Å². The Morgan fingerprint density at radius 3 is 1.27 bits per heavy atom. The first-order valence-corrected chi connectivity index (χ1v) is 13.0. The molecule has 4 amide bonds. The molecule has 12 nitrogen and oxygen atoms in total. The Balaban J connectivity index is 1.47. The normalized spacial score (nSPS) is 16.2. The van der Waals surface area contributed by atoms with Gasteiger partial charge in [0.1, 0.15) is 0 Å². The zero-order chi connectivity index (χ0) is 29.1. The van der Waals surface area contributed by atoms with Crippen LogP contribution < -0.4 is 49.7 Å². The Hall–Kier alpha value is -4.22. The van der Waals surface area contributed by atoms with Crippen molar-refractivity contribution in [1.29, 1.82) is 0 Å². The number of rotatable bonds is 12. The average molecular weight is 561 g/mol. The predicted molar refractivity (Wildman–Crippen MR) is 152 cm³/mol. The molecule has 0 saturated heterocycles. The monoisotopic (exact) mass is 560 g/mol. The minimum absolute atomic E-state index is 0.310. The molecule has 0 aliphatic heterocycles. The molecule has 0 heterocycles. The third-order valence-corrected chi connectivity index (χ3v) is 6.84. The molecular formula is C28H40N4O8. The van der Waals surface area contributed by atoms with Gasteiger partial charge in [-0.1, -0.05) is 6.42 Å². The number of nitrogens with one attached hydrogen (secondary N) is 4. The van der Waals surface area contributed by atoms with Gasteiger partial charge in [0, 0.05) is 37.4 Å². The zero-order valence-electron chi connectivity index (χ0n) is 24.0. The Labute approximate surface area is 235 Å². The van der Waals surface area contributed by atoms with Crippen molar-refractivity contribution in [2.75, 3.05) is 66.4 Å². The first-order chi connectivity index (χ1) is 19.3. The second kappa shape index (κ2) is 14.8. The van der Waals surface area contributed by atoms with E-state index in [9.17, 15) is 9.59 Å². The van der Waals surface area contributed by atoms with Gasteiger partial charge in [0.05, 0.1) is 54.0 Å². The molecule has 0 radical (unpaired) electrons. The van der Waals surface area contributed by atoms with Crippen molar-refractivity contribution < 1.29 is 38.0 Å². The van der Waals surface area contributed by atoms with Crippen LogP contribution in [-0.2, 0) is 0 Å². The highest BCUT2D eigenvalue weighted by Crippen LogP contribution is 2.41. The molecule has 2 aromatic rings. The number of methoxy groups -OCH3 is 6. The Morgan fingerprint density at radius 1 is 0.625 bits per heavy atom. The highest BCUT2D eigenvalue weighted by atomic mass is 16.5. The molecule has 2 aromatic carbocycles. The summed E-state index contributed by atoms with van der Waals surface area (Å²) < 4.78 is 32.0. The lowest BCUT2D eigenvalue weighted by Gasteiger charge is -2.29. The van der Waals surface area contributed by atoms with Gasteiger partial charge < -0.3 is 49.7 Å². The molecule has 1 aliphatic rings. The summed E-state index contributed by atoms with van der Waals surface area (Å²) in [6, 6.07) is 6.05. The van der Waals surface area contributed by atoms with Crippen LogP contribution in [0.15, 0.2) is 24.3 Å². The number of urea groups is 2. The molecule has 0 bridgehead atoms. The zero-order valence-corrected chi connectivity index (χ0v) is 24.0. The fourth-order valence-corrected chi connectivity index (χ4v) is 4.90. The third kappa shape index (κ3) is 7.90. The summed E-state index contributed by atoms with van der Waals surface area (Å²) in [6.45, 7) is 1.06. The van der Waals surface area contributed by atoms with Crippen molar-refractivity contribution >= 4 is 23.4 Å². The largest absolute Gasteiger partial charge is 0.493 e. The van der Waals surface area contributed by atoms with E-state index in [0.29, 0.717) is 70.8 Å². The quantitative estimate of drug-likeness (QED) is 0.298. The molecule has 40 heavy (non-hydrogen) atoms. The van der Waals surface area contributed by atoms with Crippen molar-refractivity contribution in [3.8, 4) is 34.5 Å². The van der Waals surface area contributed by atoms with Crippen LogP contribution in [0.25, 0.3) is 0 Å². The molecule has 1 aliphatic carbocycles. The molecule has 2 atom stereocenters.